The van der Waals surface area contributed by atoms with E-state index in [1.165, 1.54) is 56.9 Å². The van der Waals surface area contributed by atoms with Gasteiger partial charge in [-0.2, -0.15) is 0 Å². The zero-order valence-corrected chi connectivity index (χ0v) is 18.1. The lowest BCUT2D eigenvalue weighted by atomic mass is 9.60. The van der Waals surface area contributed by atoms with Crippen LogP contribution in [0.3, 0.4) is 0 Å². The van der Waals surface area contributed by atoms with Gasteiger partial charge >= 0.3 is 0 Å². The Bertz CT molecular complexity index is 549. The van der Waals surface area contributed by atoms with Gasteiger partial charge in [-0.15, -0.1) is 0 Å². The van der Waals surface area contributed by atoms with E-state index in [1.54, 1.807) is 5.57 Å². The molecule has 0 heterocycles. The maximum Gasteiger partial charge on any atom is 0.0627 e. The summed E-state index contributed by atoms with van der Waals surface area (Å²) in [4.78, 5) is 0. The molecular weight excluding hydrogens is 332 g/mol. The number of unbranched alkanes of at least 4 members (excludes halogenated alkanes) is 1. The summed E-state index contributed by atoms with van der Waals surface area (Å²) in [6.07, 6.45) is 16.0. The first-order chi connectivity index (χ1) is 12.9. The van der Waals surface area contributed by atoms with Gasteiger partial charge in [0.25, 0.3) is 0 Å². The molecule has 2 nitrogen and oxygen atoms in total. The second-order valence-corrected chi connectivity index (χ2v) is 10.2. The number of rotatable bonds is 5. The van der Waals surface area contributed by atoms with Crippen LogP contribution in [0.2, 0.25) is 0 Å². The summed E-state index contributed by atoms with van der Waals surface area (Å²) in [7, 11) is 0. The van der Waals surface area contributed by atoms with Crippen molar-refractivity contribution in [3.8, 4) is 0 Å². The van der Waals surface area contributed by atoms with Gasteiger partial charge in [-0.3, -0.25) is 0 Å². The van der Waals surface area contributed by atoms with Gasteiger partial charge in [0, 0.05) is 5.92 Å². The highest BCUT2D eigenvalue weighted by atomic mass is 16.3. The van der Waals surface area contributed by atoms with Gasteiger partial charge in [0.2, 0.25) is 0 Å². The van der Waals surface area contributed by atoms with Crippen molar-refractivity contribution in [1.82, 2.24) is 0 Å². The van der Waals surface area contributed by atoms with E-state index in [1.807, 2.05) is 6.92 Å². The van der Waals surface area contributed by atoms with Gasteiger partial charge in [-0.25, -0.2) is 0 Å². The van der Waals surface area contributed by atoms with Crippen LogP contribution in [0.15, 0.2) is 23.3 Å². The molecule has 3 aliphatic carbocycles. The van der Waals surface area contributed by atoms with E-state index in [-0.39, 0.29) is 5.92 Å². The third-order valence-corrected chi connectivity index (χ3v) is 8.43. The van der Waals surface area contributed by atoms with Crippen LogP contribution < -0.4 is 0 Å². The average Bonchev–Trinajstić information content (AvgIpc) is 2.99. The lowest BCUT2D eigenvalue weighted by Gasteiger charge is -2.44. The molecule has 0 aromatic rings. The lowest BCUT2D eigenvalue weighted by molar-refractivity contribution is 0.00407. The molecule has 0 aromatic carbocycles. The molecule has 0 spiro atoms. The minimum atomic E-state index is -0.398. The van der Waals surface area contributed by atoms with E-state index in [9.17, 15) is 10.2 Å². The van der Waals surface area contributed by atoms with Crippen molar-refractivity contribution < 1.29 is 10.2 Å². The molecule has 0 aromatic heterocycles. The molecule has 0 amide bonds. The fourth-order valence-corrected chi connectivity index (χ4v) is 6.55. The summed E-state index contributed by atoms with van der Waals surface area (Å²) < 4.78 is 0. The van der Waals surface area contributed by atoms with E-state index >= 15 is 0 Å². The van der Waals surface area contributed by atoms with E-state index in [4.69, 9.17) is 0 Å². The molecule has 154 valence electrons. The number of hydrogen-bond donors (Lipinski definition) is 2. The molecule has 3 saturated carbocycles. The normalized spacial score (nSPS) is 42.2. The minimum Gasteiger partial charge on any atom is -0.392 e. The van der Waals surface area contributed by atoms with Crippen LogP contribution in [0, 0.1) is 29.1 Å². The van der Waals surface area contributed by atoms with Gasteiger partial charge in [-0.05, 0) is 68.1 Å². The summed E-state index contributed by atoms with van der Waals surface area (Å²) in [6.45, 7) is 9.34. The Morgan fingerprint density at radius 3 is 2.52 bits per heavy atom. The second-order valence-electron chi connectivity index (χ2n) is 10.2. The topological polar surface area (TPSA) is 40.5 Å². The zero-order valence-electron chi connectivity index (χ0n) is 18.1. The maximum atomic E-state index is 10.2. The maximum absolute atomic E-state index is 10.2. The van der Waals surface area contributed by atoms with Crippen LogP contribution >= 0.6 is 0 Å². The molecule has 0 radical (unpaired) electrons. The molecule has 0 bridgehead atoms. The molecule has 0 aliphatic heterocycles. The summed E-state index contributed by atoms with van der Waals surface area (Å²) in [5, 5.41) is 20.4. The van der Waals surface area contributed by atoms with Gasteiger partial charge in [0.15, 0.2) is 0 Å². The highest BCUT2D eigenvalue weighted by Gasteiger charge is 2.50. The first-order valence-corrected chi connectivity index (χ1v) is 11.6. The van der Waals surface area contributed by atoms with E-state index < -0.39 is 12.2 Å². The van der Waals surface area contributed by atoms with Crippen LogP contribution in [-0.2, 0) is 0 Å². The molecule has 27 heavy (non-hydrogen) atoms. The first-order valence-electron chi connectivity index (χ1n) is 11.6. The predicted molar refractivity (Wildman–Crippen MR) is 113 cm³/mol. The average molecular weight is 375 g/mol. The summed E-state index contributed by atoms with van der Waals surface area (Å²) in [5.41, 5.74) is 3.35. The quantitative estimate of drug-likeness (QED) is 0.616. The molecule has 6 atom stereocenters. The molecule has 2 heteroatoms. The van der Waals surface area contributed by atoms with Crippen LogP contribution in [0.5, 0.6) is 0 Å². The van der Waals surface area contributed by atoms with Gasteiger partial charge in [0.1, 0.15) is 0 Å². The third-order valence-electron chi connectivity index (χ3n) is 8.43. The van der Waals surface area contributed by atoms with Crippen LogP contribution in [-0.4, -0.2) is 22.4 Å². The second kappa shape index (κ2) is 8.82. The minimum absolute atomic E-state index is 0.00651. The number of aliphatic hydroxyl groups excluding tert-OH is 2. The summed E-state index contributed by atoms with van der Waals surface area (Å²) in [5.74, 6) is 2.47. The summed E-state index contributed by atoms with van der Waals surface area (Å²) >= 11 is 0. The SMILES string of the molecule is CCCC[C@@H](C)C1CCC2/C(=C/C=C3C[C@@H](O)C(C)[C@H](O)C3)CCC[C@@]21C. The monoisotopic (exact) mass is 374 g/mol. The zero-order chi connectivity index (χ0) is 19.6. The van der Waals surface area contributed by atoms with E-state index in [0.29, 0.717) is 5.41 Å². The van der Waals surface area contributed by atoms with Crippen molar-refractivity contribution in [2.24, 2.45) is 29.1 Å². The smallest absolute Gasteiger partial charge is 0.0627 e. The van der Waals surface area contributed by atoms with Crippen LogP contribution in [0.25, 0.3) is 0 Å². The van der Waals surface area contributed by atoms with Crippen molar-refractivity contribution >= 4 is 0 Å². The first kappa shape index (κ1) is 21.1. The Hall–Kier alpha value is -0.600. The Kier molecular flexibility index (Phi) is 6.90. The molecule has 2 N–H and O–H groups in total. The van der Waals surface area contributed by atoms with Crippen molar-refractivity contribution in [1.29, 1.82) is 0 Å². The van der Waals surface area contributed by atoms with Crippen molar-refractivity contribution in [2.75, 3.05) is 0 Å². The molecule has 3 aliphatic rings. The van der Waals surface area contributed by atoms with Crippen molar-refractivity contribution in [3.05, 3.63) is 23.3 Å². The van der Waals surface area contributed by atoms with Crippen LogP contribution in [0.4, 0.5) is 0 Å². The number of aliphatic hydroxyl groups is 2. The van der Waals surface area contributed by atoms with Crippen molar-refractivity contribution in [2.45, 2.75) is 104 Å². The third kappa shape index (κ3) is 4.37. The standard InChI is InChI=1S/C25H42O2/c1-5-6-8-17(2)21-12-13-22-20(9-7-14-25(21,22)4)11-10-19-15-23(26)18(3)24(27)16-19/h10-11,17-18,21-24,26-27H,5-9,12-16H2,1-4H3/b19-10?,20-11+/t17-,18?,21?,22?,23-,24-,25-/m1/s1. The fourth-order valence-electron chi connectivity index (χ4n) is 6.55. The van der Waals surface area contributed by atoms with Crippen molar-refractivity contribution in [3.63, 3.8) is 0 Å². The Balaban J connectivity index is 1.73. The number of hydrogen-bond acceptors (Lipinski definition) is 2. The highest BCUT2D eigenvalue weighted by molar-refractivity contribution is 5.26. The van der Waals surface area contributed by atoms with Gasteiger partial charge < -0.3 is 10.2 Å². The summed E-state index contributed by atoms with van der Waals surface area (Å²) in [6, 6.07) is 0. The number of allylic oxidation sites excluding steroid dienone is 3. The molecule has 3 rings (SSSR count). The van der Waals surface area contributed by atoms with E-state index in [2.05, 4.69) is 32.9 Å². The van der Waals surface area contributed by atoms with Gasteiger partial charge in [-0.1, -0.05) is 70.3 Å². The van der Waals surface area contributed by atoms with Crippen LogP contribution in [0.1, 0.15) is 91.9 Å². The molecule has 2 unspecified atom stereocenters. The predicted octanol–water partition coefficient (Wildman–Crippen LogP) is 6.03. The Morgan fingerprint density at radius 1 is 1.15 bits per heavy atom. The molecule has 3 fully saturated rings. The fraction of sp³-hybridized carbons (Fsp3) is 0.840. The largest absolute Gasteiger partial charge is 0.392 e. The van der Waals surface area contributed by atoms with E-state index in [0.717, 1.165) is 30.6 Å². The molecule has 0 saturated heterocycles. The lowest BCUT2D eigenvalue weighted by Crippen LogP contribution is -2.36. The molecular formula is C25H42O2. The Labute approximate surface area is 167 Å². The Morgan fingerprint density at radius 2 is 1.85 bits per heavy atom. The van der Waals surface area contributed by atoms with Gasteiger partial charge in [0.05, 0.1) is 12.2 Å². The number of fused-ring (bicyclic) bond motifs is 1. The highest BCUT2D eigenvalue weighted by Crippen LogP contribution is 2.59.